The summed E-state index contributed by atoms with van der Waals surface area (Å²) in [4.78, 5) is 12.1. The van der Waals surface area contributed by atoms with Crippen molar-refractivity contribution in [3.8, 4) is 5.75 Å². The first-order valence-corrected chi connectivity index (χ1v) is 7.39. The van der Waals surface area contributed by atoms with Crippen molar-refractivity contribution in [1.29, 1.82) is 0 Å². The van der Waals surface area contributed by atoms with E-state index in [0.29, 0.717) is 22.4 Å². The number of halogens is 1. The Kier molecular flexibility index (Phi) is 5.12. The molecule has 5 heteroatoms. The van der Waals surface area contributed by atoms with Crippen LogP contribution in [0.5, 0.6) is 5.75 Å². The lowest BCUT2D eigenvalue weighted by Gasteiger charge is -2.29. The van der Waals surface area contributed by atoms with Crippen molar-refractivity contribution in [2.24, 2.45) is 5.92 Å². The fraction of sp³-hybridized carbons (Fsp3) is 0.533. The monoisotopic (exact) mass is 296 g/mol. The largest absolute Gasteiger partial charge is 0.495 e. The average molecular weight is 297 g/mol. The standard InChI is InChI=1S/C15H21ClN2O2/c1-10-5-3-4-6-12(10)17-15(19)18-13-9-11(16)7-8-14(13)20-2/h7-10,12H,3-6H2,1-2H3,(H2,17,18,19). The molecule has 0 aromatic heterocycles. The maximum absolute atomic E-state index is 12.1. The Balaban J connectivity index is 1.99. The Morgan fingerprint density at radius 3 is 2.80 bits per heavy atom. The van der Waals surface area contributed by atoms with Crippen molar-refractivity contribution >= 4 is 23.3 Å². The topological polar surface area (TPSA) is 50.4 Å². The lowest BCUT2D eigenvalue weighted by atomic mass is 9.86. The van der Waals surface area contributed by atoms with E-state index in [0.717, 1.165) is 6.42 Å². The van der Waals surface area contributed by atoms with Crippen LogP contribution in [0.15, 0.2) is 18.2 Å². The number of anilines is 1. The second-order valence-corrected chi connectivity index (χ2v) is 5.75. The van der Waals surface area contributed by atoms with Crippen LogP contribution in [0.1, 0.15) is 32.6 Å². The molecule has 4 nitrogen and oxygen atoms in total. The van der Waals surface area contributed by atoms with Crippen LogP contribution in [-0.4, -0.2) is 19.2 Å². The summed E-state index contributed by atoms with van der Waals surface area (Å²) >= 11 is 5.95. The predicted octanol–water partition coefficient (Wildman–Crippen LogP) is 4.05. The molecule has 1 aliphatic rings. The summed E-state index contributed by atoms with van der Waals surface area (Å²) in [5, 5.41) is 6.41. The van der Waals surface area contributed by atoms with Crippen molar-refractivity contribution in [1.82, 2.24) is 5.32 Å². The molecule has 1 aromatic rings. The van der Waals surface area contributed by atoms with Gasteiger partial charge in [-0.15, -0.1) is 0 Å². The summed E-state index contributed by atoms with van der Waals surface area (Å²) in [5.74, 6) is 1.12. The summed E-state index contributed by atoms with van der Waals surface area (Å²) in [5.41, 5.74) is 0.584. The van der Waals surface area contributed by atoms with E-state index in [4.69, 9.17) is 16.3 Å². The summed E-state index contributed by atoms with van der Waals surface area (Å²) < 4.78 is 5.21. The van der Waals surface area contributed by atoms with Crippen LogP contribution in [0.25, 0.3) is 0 Å². The molecule has 0 radical (unpaired) electrons. The molecule has 1 aliphatic carbocycles. The molecule has 110 valence electrons. The number of hydrogen-bond donors (Lipinski definition) is 2. The van der Waals surface area contributed by atoms with Crippen LogP contribution < -0.4 is 15.4 Å². The summed E-state index contributed by atoms with van der Waals surface area (Å²) in [6.07, 6.45) is 4.64. The molecule has 0 saturated heterocycles. The molecule has 2 N–H and O–H groups in total. The van der Waals surface area contributed by atoms with E-state index in [1.54, 1.807) is 25.3 Å². The number of ether oxygens (including phenoxy) is 1. The van der Waals surface area contributed by atoms with E-state index in [1.807, 2.05) is 0 Å². The van der Waals surface area contributed by atoms with Gasteiger partial charge in [-0.2, -0.15) is 0 Å². The van der Waals surface area contributed by atoms with Crippen LogP contribution in [0.4, 0.5) is 10.5 Å². The minimum Gasteiger partial charge on any atom is -0.495 e. The lowest BCUT2D eigenvalue weighted by Crippen LogP contribution is -2.43. The van der Waals surface area contributed by atoms with E-state index in [9.17, 15) is 4.79 Å². The quantitative estimate of drug-likeness (QED) is 0.884. The highest BCUT2D eigenvalue weighted by atomic mass is 35.5. The van der Waals surface area contributed by atoms with Crippen molar-refractivity contribution in [2.45, 2.75) is 38.6 Å². The summed E-state index contributed by atoms with van der Waals surface area (Å²) in [6, 6.07) is 5.19. The minimum absolute atomic E-state index is 0.204. The van der Waals surface area contributed by atoms with E-state index in [2.05, 4.69) is 17.6 Å². The molecular formula is C15H21ClN2O2. The van der Waals surface area contributed by atoms with Gasteiger partial charge in [0, 0.05) is 11.1 Å². The fourth-order valence-corrected chi connectivity index (χ4v) is 2.81. The van der Waals surface area contributed by atoms with Gasteiger partial charge in [0.25, 0.3) is 0 Å². The second-order valence-electron chi connectivity index (χ2n) is 5.31. The van der Waals surface area contributed by atoms with Gasteiger partial charge in [0.1, 0.15) is 5.75 Å². The van der Waals surface area contributed by atoms with Crippen LogP contribution in [-0.2, 0) is 0 Å². The Hall–Kier alpha value is -1.42. The first-order chi connectivity index (χ1) is 9.60. The van der Waals surface area contributed by atoms with Crippen molar-refractivity contribution < 1.29 is 9.53 Å². The number of benzene rings is 1. The zero-order valence-corrected chi connectivity index (χ0v) is 12.7. The molecule has 1 fully saturated rings. The molecule has 2 unspecified atom stereocenters. The SMILES string of the molecule is COc1ccc(Cl)cc1NC(=O)NC1CCCCC1C. The first kappa shape index (κ1) is 15.0. The highest BCUT2D eigenvalue weighted by molar-refractivity contribution is 6.31. The predicted molar refractivity (Wildman–Crippen MR) is 81.6 cm³/mol. The second kappa shape index (κ2) is 6.84. The summed E-state index contributed by atoms with van der Waals surface area (Å²) in [7, 11) is 1.57. The van der Waals surface area contributed by atoms with E-state index in [-0.39, 0.29) is 12.1 Å². The normalized spacial score (nSPS) is 22.1. The van der Waals surface area contributed by atoms with Gasteiger partial charge in [0.15, 0.2) is 0 Å². The molecule has 2 atom stereocenters. The van der Waals surface area contributed by atoms with Crippen LogP contribution in [0.2, 0.25) is 5.02 Å². The lowest BCUT2D eigenvalue weighted by molar-refractivity contribution is 0.232. The third-order valence-electron chi connectivity index (χ3n) is 3.84. The van der Waals surface area contributed by atoms with E-state index >= 15 is 0 Å². The van der Waals surface area contributed by atoms with Crippen LogP contribution >= 0.6 is 11.6 Å². The average Bonchev–Trinajstić information content (AvgIpc) is 2.41. The number of rotatable bonds is 3. The van der Waals surface area contributed by atoms with Crippen LogP contribution in [0, 0.1) is 5.92 Å². The van der Waals surface area contributed by atoms with Gasteiger partial charge in [0.05, 0.1) is 12.8 Å². The molecule has 20 heavy (non-hydrogen) atoms. The van der Waals surface area contributed by atoms with Crippen molar-refractivity contribution in [3.05, 3.63) is 23.2 Å². The number of carbonyl (C=O) groups excluding carboxylic acids is 1. The Morgan fingerprint density at radius 2 is 2.10 bits per heavy atom. The zero-order chi connectivity index (χ0) is 14.5. The third-order valence-corrected chi connectivity index (χ3v) is 4.07. The first-order valence-electron chi connectivity index (χ1n) is 7.01. The number of urea groups is 1. The summed E-state index contributed by atoms with van der Waals surface area (Å²) in [6.45, 7) is 2.18. The Morgan fingerprint density at radius 1 is 1.35 bits per heavy atom. The van der Waals surface area contributed by atoms with Gasteiger partial charge in [-0.1, -0.05) is 31.4 Å². The molecular weight excluding hydrogens is 276 g/mol. The molecule has 0 spiro atoms. The Bertz CT molecular complexity index is 479. The van der Waals surface area contributed by atoms with Gasteiger partial charge < -0.3 is 15.4 Å². The van der Waals surface area contributed by atoms with E-state index in [1.165, 1.54) is 19.3 Å². The zero-order valence-electron chi connectivity index (χ0n) is 11.9. The van der Waals surface area contributed by atoms with Gasteiger partial charge >= 0.3 is 6.03 Å². The molecule has 0 aliphatic heterocycles. The molecule has 2 amide bonds. The highest BCUT2D eigenvalue weighted by Crippen LogP contribution is 2.28. The smallest absolute Gasteiger partial charge is 0.319 e. The number of carbonyl (C=O) groups is 1. The number of hydrogen-bond acceptors (Lipinski definition) is 2. The van der Waals surface area contributed by atoms with Gasteiger partial charge in [0.2, 0.25) is 0 Å². The van der Waals surface area contributed by atoms with Crippen molar-refractivity contribution in [3.63, 3.8) is 0 Å². The maximum atomic E-state index is 12.1. The van der Waals surface area contributed by atoms with Gasteiger partial charge in [-0.3, -0.25) is 0 Å². The molecule has 2 rings (SSSR count). The molecule has 0 bridgehead atoms. The van der Waals surface area contributed by atoms with Gasteiger partial charge in [-0.05, 0) is 37.0 Å². The highest BCUT2D eigenvalue weighted by Gasteiger charge is 2.23. The number of nitrogens with one attached hydrogen (secondary N) is 2. The molecule has 0 heterocycles. The number of methoxy groups -OCH3 is 1. The molecule has 1 saturated carbocycles. The number of amides is 2. The maximum Gasteiger partial charge on any atom is 0.319 e. The third kappa shape index (κ3) is 3.79. The minimum atomic E-state index is -0.204. The molecule has 1 aromatic carbocycles. The fourth-order valence-electron chi connectivity index (χ4n) is 2.64. The van der Waals surface area contributed by atoms with E-state index < -0.39 is 0 Å². The van der Waals surface area contributed by atoms with Crippen molar-refractivity contribution in [2.75, 3.05) is 12.4 Å². The van der Waals surface area contributed by atoms with Gasteiger partial charge in [-0.25, -0.2) is 4.79 Å². The van der Waals surface area contributed by atoms with Crippen LogP contribution in [0.3, 0.4) is 0 Å². The Labute approximate surface area is 124 Å².